The summed E-state index contributed by atoms with van der Waals surface area (Å²) in [5.74, 6) is -2.44. The zero-order valence-corrected chi connectivity index (χ0v) is 16.3. The van der Waals surface area contributed by atoms with Crippen LogP contribution < -0.4 is 5.56 Å². The van der Waals surface area contributed by atoms with Gasteiger partial charge in [0, 0.05) is 35.8 Å². The van der Waals surface area contributed by atoms with Crippen LogP contribution in [-0.2, 0) is 4.79 Å². The average Bonchev–Trinajstić information content (AvgIpc) is 3.25. The maximum Gasteiger partial charge on any atom is 0.308 e. The Morgan fingerprint density at radius 1 is 1.18 bits per heavy atom. The summed E-state index contributed by atoms with van der Waals surface area (Å²) in [5, 5.41) is 9.64. The number of thiazole rings is 1. The summed E-state index contributed by atoms with van der Waals surface area (Å²) < 4.78 is 1.45. The van der Waals surface area contributed by atoms with Gasteiger partial charge in [0.2, 0.25) is 0 Å². The highest BCUT2D eigenvalue weighted by molar-refractivity contribution is 7.17. The molecule has 0 unspecified atom stereocenters. The molecule has 0 spiro atoms. The normalized spacial score (nSPS) is 19.3. The fraction of sp³-hybridized carbons (Fsp3) is 0.300. The van der Waals surface area contributed by atoms with E-state index in [2.05, 4.69) is 4.98 Å². The first-order valence-corrected chi connectivity index (χ1v) is 9.75. The Balaban J connectivity index is 1.70. The number of likely N-dealkylation sites (tertiary alicyclic amines) is 1. The molecule has 2 atom stereocenters. The van der Waals surface area contributed by atoms with Gasteiger partial charge in [0.1, 0.15) is 5.56 Å². The van der Waals surface area contributed by atoms with Crippen molar-refractivity contribution in [3.63, 3.8) is 0 Å². The van der Waals surface area contributed by atoms with E-state index in [1.54, 1.807) is 0 Å². The van der Waals surface area contributed by atoms with E-state index in [4.69, 9.17) is 0 Å². The summed E-state index contributed by atoms with van der Waals surface area (Å²) in [7, 11) is 0. The van der Waals surface area contributed by atoms with Crippen LogP contribution in [0.25, 0.3) is 4.96 Å². The Morgan fingerprint density at radius 2 is 1.89 bits per heavy atom. The summed E-state index contributed by atoms with van der Waals surface area (Å²) in [6, 6.07) is 9.31. The van der Waals surface area contributed by atoms with E-state index in [-0.39, 0.29) is 24.6 Å². The molecule has 144 valence electrons. The molecule has 1 aliphatic heterocycles. The maximum absolute atomic E-state index is 13.1. The van der Waals surface area contributed by atoms with E-state index in [1.165, 1.54) is 26.8 Å². The number of aromatic nitrogens is 2. The van der Waals surface area contributed by atoms with Crippen molar-refractivity contribution in [1.82, 2.24) is 14.3 Å². The van der Waals surface area contributed by atoms with Crippen molar-refractivity contribution >= 4 is 28.2 Å². The van der Waals surface area contributed by atoms with Crippen molar-refractivity contribution in [2.24, 2.45) is 5.92 Å². The van der Waals surface area contributed by atoms with Gasteiger partial charge in [-0.05, 0) is 19.4 Å². The summed E-state index contributed by atoms with van der Waals surface area (Å²) >= 11 is 1.40. The molecule has 3 aromatic rings. The van der Waals surface area contributed by atoms with Gasteiger partial charge in [0.05, 0.1) is 5.92 Å². The molecule has 1 N–H and O–H groups in total. The number of rotatable bonds is 3. The van der Waals surface area contributed by atoms with Gasteiger partial charge in [0.15, 0.2) is 4.96 Å². The van der Waals surface area contributed by atoms with Crippen LogP contribution in [0, 0.1) is 19.8 Å². The van der Waals surface area contributed by atoms with Crippen molar-refractivity contribution in [3.8, 4) is 0 Å². The fourth-order valence-electron chi connectivity index (χ4n) is 3.75. The van der Waals surface area contributed by atoms with Gasteiger partial charge in [-0.1, -0.05) is 30.3 Å². The van der Waals surface area contributed by atoms with E-state index < -0.39 is 23.4 Å². The van der Waals surface area contributed by atoms with Crippen molar-refractivity contribution in [2.75, 3.05) is 13.1 Å². The SMILES string of the molecule is Cc1sc2ncc(C(=O)N3C[C@H](C(=O)O)[C@H](c4ccccc4)C3)c(=O)n2c1C. The lowest BCUT2D eigenvalue weighted by molar-refractivity contribution is -0.141. The third-order valence-corrected chi connectivity index (χ3v) is 6.47. The van der Waals surface area contributed by atoms with Crippen molar-refractivity contribution < 1.29 is 14.7 Å². The molecule has 1 aromatic carbocycles. The molecule has 0 radical (unpaired) electrons. The molecular weight excluding hydrogens is 378 g/mol. The molecule has 0 bridgehead atoms. The first-order chi connectivity index (χ1) is 13.4. The van der Waals surface area contributed by atoms with Crippen molar-refractivity contribution in [1.29, 1.82) is 0 Å². The van der Waals surface area contributed by atoms with Crippen LogP contribution in [0.2, 0.25) is 0 Å². The van der Waals surface area contributed by atoms with Gasteiger partial charge in [-0.3, -0.25) is 18.8 Å². The molecule has 0 saturated carbocycles. The third-order valence-electron chi connectivity index (χ3n) is 5.40. The second-order valence-corrected chi connectivity index (χ2v) is 8.19. The number of hydrogen-bond donors (Lipinski definition) is 1. The van der Waals surface area contributed by atoms with Gasteiger partial charge in [0.25, 0.3) is 11.5 Å². The number of carboxylic acids is 1. The number of aryl methyl sites for hydroxylation is 2. The minimum atomic E-state index is -0.946. The zero-order valence-electron chi connectivity index (χ0n) is 15.5. The first kappa shape index (κ1) is 18.4. The monoisotopic (exact) mass is 397 g/mol. The maximum atomic E-state index is 13.1. The second kappa shape index (κ2) is 6.87. The molecule has 1 saturated heterocycles. The van der Waals surface area contributed by atoms with Crippen LogP contribution in [0.15, 0.2) is 41.3 Å². The van der Waals surface area contributed by atoms with E-state index in [1.807, 2.05) is 44.2 Å². The Morgan fingerprint density at radius 3 is 2.57 bits per heavy atom. The number of nitrogens with zero attached hydrogens (tertiary/aromatic N) is 3. The van der Waals surface area contributed by atoms with Gasteiger partial charge in [-0.25, -0.2) is 4.98 Å². The molecule has 28 heavy (non-hydrogen) atoms. The third kappa shape index (κ3) is 2.90. The second-order valence-electron chi connectivity index (χ2n) is 7.01. The molecule has 2 aromatic heterocycles. The topological polar surface area (TPSA) is 92.0 Å². The predicted molar refractivity (Wildman–Crippen MR) is 105 cm³/mol. The number of carbonyl (C=O) groups is 2. The van der Waals surface area contributed by atoms with E-state index >= 15 is 0 Å². The molecule has 8 heteroatoms. The Hall–Kier alpha value is -3.00. The van der Waals surface area contributed by atoms with Crippen molar-refractivity contribution in [2.45, 2.75) is 19.8 Å². The number of hydrogen-bond acceptors (Lipinski definition) is 5. The van der Waals surface area contributed by atoms with Gasteiger partial charge in [-0.2, -0.15) is 0 Å². The summed E-state index contributed by atoms with van der Waals surface area (Å²) in [5.41, 5.74) is 1.20. The number of benzene rings is 1. The number of fused-ring (bicyclic) bond motifs is 1. The number of amides is 1. The van der Waals surface area contributed by atoms with Crippen molar-refractivity contribution in [3.05, 3.63) is 68.6 Å². The van der Waals surface area contributed by atoms with Crippen LogP contribution in [0.3, 0.4) is 0 Å². The van der Waals surface area contributed by atoms with E-state index in [9.17, 15) is 19.5 Å². The quantitative estimate of drug-likeness (QED) is 0.732. The minimum absolute atomic E-state index is 0.0312. The van der Waals surface area contributed by atoms with Crippen LogP contribution in [0.1, 0.15) is 32.4 Å². The average molecular weight is 397 g/mol. The van der Waals surface area contributed by atoms with Gasteiger partial charge < -0.3 is 10.0 Å². The highest BCUT2D eigenvalue weighted by Gasteiger charge is 2.41. The van der Waals surface area contributed by atoms with Gasteiger partial charge >= 0.3 is 5.97 Å². The summed E-state index contributed by atoms with van der Waals surface area (Å²) in [6.07, 6.45) is 1.31. The molecule has 4 rings (SSSR count). The standard InChI is InChI=1S/C20H19N3O4S/c1-11-12(2)28-20-21-8-14(18(25)23(11)20)17(24)22-9-15(16(10-22)19(26)27)13-6-4-3-5-7-13/h3-8,15-16H,9-10H2,1-2H3,(H,26,27)/t15-,16-/m0/s1. The molecule has 1 aliphatic rings. The van der Waals surface area contributed by atoms with Crippen LogP contribution in [0.5, 0.6) is 0 Å². The van der Waals surface area contributed by atoms with Crippen LogP contribution in [0.4, 0.5) is 0 Å². The first-order valence-electron chi connectivity index (χ1n) is 8.93. The Bertz CT molecular complexity index is 1140. The number of carbonyl (C=O) groups excluding carboxylic acids is 1. The molecule has 1 fully saturated rings. The van der Waals surface area contributed by atoms with Gasteiger partial charge in [-0.15, -0.1) is 11.3 Å². The lowest BCUT2D eigenvalue weighted by atomic mass is 9.89. The number of aliphatic carboxylic acids is 1. The smallest absolute Gasteiger partial charge is 0.308 e. The lowest BCUT2D eigenvalue weighted by Crippen LogP contribution is -2.35. The van der Waals surface area contributed by atoms with Crippen LogP contribution in [-0.4, -0.2) is 44.4 Å². The summed E-state index contributed by atoms with van der Waals surface area (Å²) in [4.78, 5) is 44.9. The largest absolute Gasteiger partial charge is 0.481 e. The molecule has 1 amide bonds. The predicted octanol–water partition coefficient (Wildman–Crippen LogP) is 2.31. The zero-order chi connectivity index (χ0) is 20.0. The number of carboxylic acid groups (broad SMARTS) is 1. The molecular formula is C20H19N3O4S. The lowest BCUT2D eigenvalue weighted by Gasteiger charge is -2.16. The summed E-state index contributed by atoms with van der Waals surface area (Å²) in [6.45, 7) is 4.04. The highest BCUT2D eigenvalue weighted by atomic mass is 32.1. The fourth-order valence-corrected chi connectivity index (χ4v) is 4.68. The Kier molecular flexibility index (Phi) is 4.50. The minimum Gasteiger partial charge on any atom is -0.481 e. The van der Waals surface area contributed by atoms with E-state index in [0.29, 0.717) is 4.96 Å². The van der Waals surface area contributed by atoms with E-state index in [0.717, 1.165) is 16.1 Å². The molecule has 7 nitrogen and oxygen atoms in total. The van der Waals surface area contributed by atoms with Crippen LogP contribution >= 0.6 is 11.3 Å². The molecule has 3 heterocycles. The Labute approximate surface area is 164 Å². The highest BCUT2D eigenvalue weighted by Crippen LogP contribution is 2.33. The molecule has 0 aliphatic carbocycles.